The van der Waals surface area contributed by atoms with Crippen LogP contribution in [0.4, 0.5) is 11.4 Å². The van der Waals surface area contributed by atoms with Crippen molar-refractivity contribution in [3.63, 3.8) is 0 Å². The van der Waals surface area contributed by atoms with Gasteiger partial charge >= 0.3 is 5.97 Å². The highest BCUT2D eigenvalue weighted by Gasteiger charge is 2.21. The molecular formula is C13H11BrN2O4S. The van der Waals surface area contributed by atoms with Crippen molar-refractivity contribution in [3.05, 3.63) is 54.7 Å². The molecule has 0 aliphatic carbocycles. The van der Waals surface area contributed by atoms with E-state index in [0.29, 0.717) is 12.2 Å². The number of nitro benzene ring substituents is 1. The molecule has 2 rings (SSSR count). The fraction of sp³-hybridized carbons (Fsp3) is 0.154. The third kappa shape index (κ3) is 3.59. The lowest BCUT2D eigenvalue weighted by Crippen LogP contribution is -2.16. The van der Waals surface area contributed by atoms with Crippen molar-refractivity contribution in [1.82, 2.24) is 0 Å². The van der Waals surface area contributed by atoms with Gasteiger partial charge in [0.2, 0.25) is 0 Å². The van der Waals surface area contributed by atoms with E-state index in [1.807, 2.05) is 16.3 Å². The van der Waals surface area contributed by atoms with Crippen LogP contribution in [0.2, 0.25) is 0 Å². The van der Waals surface area contributed by atoms with E-state index in [9.17, 15) is 14.9 Å². The zero-order chi connectivity index (χ0) is 15.6. The molecule has 1 heterocycles. The third-order valence-corrected chi connectivity index (χ3v) is 4.55. The molecule has 1 aromatic heterocycles. The van der Waals surface area contributed by atoms with Crippen LogP contribution in [-0.2, 0) is 6.54 Å². The van der Waals surface area contributed by atoms with Gasteiger partial charge in [-0.05, 0) is 34.1 Å². The first-order chi connectivity index (χ1) is 9.88. The molecular weight excluding hydrogens is 360 g/mol. The monoisotopic (exact) mass is 370 g/mol. The minimum Gasteiger partial charge on any atom is -0.477 e. The number of rotatable bonds is 5. The van der Waals surface area contributed by atoms with Crippen molar-refractivity contribution in [2.75, 3.05) is 11.9 Å². The molecule has 0 aliphatic heterocycles. The van der Waals surface area contributed by atoms with Crippen LogP contribution in [0, 0.1) is 10.1 Å². The summed E-state index contributed by atoms with van der Waals surface area (Å²) in [6.45, 7) is 0.583. The van der Waals surface area contributed by atoms with Gasteiger partial charge in [-0.3, -0.25) is 10.1 Å². The smallest absolute Gasteiger partial charge is 0.342 e. The molecule has 0 aliphatic rings. The molecule has 0 amide bonds. The average Bonchev–Trinajstić information content (AvgIpc) is 2.83. The lowest BCUT2D eigenvalue weighted by Gasteiger charge is -2.18. The Balaban J connectivity index is 2.29. The second-order valence-electron chi connectivity index (χ2n) is 4.35. The van der Waals surface area contributed by atoms with Crippen LogP contribution in [0.15, 0.2) is 34.1 Å². The van der Waals surface area contributed by atoms with Gasteiger partial charge in [-0.1, -0.05) is 0 Å². The highest BCUT2D eigenvalue weighted by atomic mass is 79.9. The topological polar surface area (TPSA) is 83.7 Å². The van der Waals surface area contributed by atoms with Crippen molar-refractivity contribution in [2.45, 2.75) is 6.54 Å². The van der Waals surface area contributed by atoms with Crippen LogP contribution in [0.1, 0.15) is 15.2 Å². The van der Waals surface area contributed by atoms with Crippen molar-refractivity contribution < 1.29 is 14.8 Å². The molecule has 0 spiro atoms. The fourth-order valence-corrected chi connectivity index (χ4v) is 3.35. The van der Waals surface area contributed by atoms with E-state index < -0.39 is 16.6 Å². The van der Waals surface area contributed by atoms with Gasteiger partial charge in [0.05, 0.1) is 11.5 Å². The Morgan fingerprint density at radius 1 is 1.48 bits per heavy atom. The molecule has 6 nitrogen and oxygen atoms in total. The summed E-state index contributed by atoms with van der Waals surface area (Å²) in [5.41, 5.74) is -0.119. The van der Waals surface area contributed by atoms with E-state index >= 15 is 0 Å². The molecule has 1 aromatic carbocycles. The summed E-state index contributed by atoms with van der Waals surface area (Å²) in [5.74, 6) is -1.31. The van der Waals surface area contributed by atoms with Crippen LogP contribution in [-0.4, -0.2) is 23.0 Å². The molecule has 0 saturated heterocycles. The van der Waals surface area contributed by atoms with Crippen molar-refractivity contribution >= 4 is 44.6 Å². The lowest BCUT2D eigenvalue weighted by atomic mass is 10.1. The van der Waals surface area contributed by atoms with Gasteiger partial charge in [0.1, 0.15) is 5.56 Å². The number of nitrogens with zero attached hydrogens (tertiary/aromatic N) is 2. The van der Waals surface area contributed by atoms with Crippen LogP contribution < -0.4 is 4.90 Å². The SMILES string of the molecule is CN(Cc1cc(Br)cs1)c1ccc(C(=O)O)c([N+](=O)[O-])c1. The van der Waals surface area contributed by atoms with Gasteiger partial charge in [0, 0.05) is 33.5 Å². The Morgan fingerprint density at radius 2 is 2.19 bits per heavy atom. The molecule has 0 atom stereocenters. The van der Waals surface area contributed by atoms with E-state index in [2.05, 4.69) is 15.9 Å². The van der Waals surface area contributed by atoms with Gasteiger partial charge in [0.15, 0.2) is 0 Å². The second kappa shape index (κ2) is 6.23. The highest BCUT2D eigenvalue weighted by Crippen LogP contribution is 2.27. The fourth-order valence-electron chi connectivity index (χ4n) is 1.85. The summed E-state index contributed by atoms with van der Waals surface area (Å²) in [6, 6.07) is 6.09. The standard InChI is InChI=1S/C13H11BrN2O4S/c1-15(6-10-4-8(14)7-21-10)9-2-3-11(13(17)18)12(5-9)16(19)20/h2-5,7H,6H2,1H3,(H,17,18). The lowest BCUT2D eigenvalue weighted by molar-refractivity contribution is -0.385. The summed E-state index contributed by atoms with van der Waals surface area (Å²) < 4.78 is 0.989. The predicted octanol–water partition coefficient (Wildman–Crippen LogP) is 3.75. The van der Waals surface area contributed by atoms with E-state index in [0.717, 1.165) is 9.35 Å². The zero-order valence-corrected chi connectivity index (χ0v) is 13.3. The first-order valence-corrected chi connectivity index (χ1v) is 7.51. The molecule has 0 fully saturated rings. The maximum Gasteiger partial charge on any atom is 0.342 e. The second-order valence-corrected chi connectivity index (χ2v) is 6.26. The molecule has 110 valence electrons. The maximum atomic E-state index is 11.0. The molecule has 21 heavy (non-hydrogen) atoms. The molecule has 8 heteroatoms. The molecule has 2 aromatic rings. The average molecular weight is 371 g/mol. The maximum absolute atomic E-state index is 11.0. The summed E-state index contributed by atoms with van der Waals surface area (Å²) in [7, 11) is 1.80. The summed E-state index contributed by atoms with van der Waals surface area (Å²) in [5, 5.41) is 21.9. The molecule has 0 unspecified atom stereocenters. The minimum absolute atomic E-state index is 0.309. The number of hydrogen-bond donors (Lipinski definition) is 1. The van der Waals surface area contributed by atoms with E-state index in [4.69, 9.17) is 5.11 Å². The van der Waals surface area contributed by atoms with Crippen LogP contribution >= 0.6 is 27.3 Å². The molecule has 1 N–H and O–H groups in total. The van der Waals surface area contributed by atoms with Crippen molar-refractivity contribution in [3.8, 4) is 0 Å². The van der Waals surface area contributed by atoms with Crippen LogP contribution in [0.25, 0.3) is 0 Å². The number of carbonyl (C=O) groups is 1. The summed E-state index contributed by atoms with van der Waals surface area (Å²) in [6.07, 6.45) is 0. The Labute approximate surface area is 132 Å². The Bertz CT molecular complexity index is 701. The quantitative estimate of drug-likeness (QED) is 0.639. The first kappa shape index (κ1) is 15.5. The van der Waals surface area contributed by atoms with Gasteiger partial charge in [-0.2, -0.15) is 0 Å². The van der Waals surface area contributed by atoms with Crippen LogP contribution in [0.3, 0.4) is 0 Å². The number of nitro groups is 1. The van der Waals surface area contributed by atoms with E-state index in [1.165, 1.54) is 12.1 Å². The Hall–Kier alpha value is -1.93. The van der Waals surface area contributed by atoms with Gasteiger partial charge < -0.3 is 10.0 Å². The summed E-state index contributed by atoms with van der Waals surface area (Å²) in [4.78, 5) is 24.2. The number of carboxylic acids is 1. The van der Waals surface area contributed by atoms with E-state index in [-0.39, 0.29) is 5.56 Å². The van der Waals surface area contributed by atoms with Crippen molar-refractivity contribution in [1.29, 1.82) is 0 Å². The number of thiophene rings is 1. The highest BCUT2D eigenvalue weighted by molar-refractivity contribution is 9.10. The Kier molecular flexibility index (Phi) is 4.59. The Morgan fingerprint density at radius 3 is 2.71 bits per heavy atom. The van der Waals surface area contributed by atoms with Crippen LogP contribution in [0.5, 0.6) is 0 Å². The number of anilines is 1. The predicted molar refractivity (Wildman–Crippen MR) is 84.2 cm³/mol. The number of benzene rings is 1. The number of halogens is 1. The number of hydrogen-bond acceptors (Lipinski definition) is 5. The molecule has 0 radical (unpaired) electrons. The largest absolute Gasteiger partial charge is 0.477 e. The number of carboxylic acid groups (broad SMARTS) is 1. The molecule has 0 saturated carbocycles. The van der Waals surface area contributed by atoms with Gasteiger partial charge in [0.25, 0.3) is 5.69 Å². The third-order valence-electron chi connectivity index (χ3n) is 2.86. The summed E-state index contributed by atoms with van der Waals surface area (Å²) >= 11 is 4.95. The zero-order valence-electron chi connectivity index (χ0n) is 10.9. The van der Waals surface area contributed by atoms with E-state index in [1.54, 1.807) is 24.5 Å². The van der Waals surface area contributed by atoms with Gasteiger partial charge in [-0.15, -0.1) is 11.3 Å². The number of aromatic carboxylic acids is 1. The van der Waals surface area contributed by atoms with Gasteiger partial charge in [-0.25, -0.2) is 4.79 Å². The van der Waals surface area contributed by atoms with Crippen molar-refractivity contribution in [2.24, 2.45) is 0 Å². The minimum atomic E-state index is -1.31. The molecule has 0 bridgehead atoms. The normalized spacial score (nSPS) is 10.4. The first-order valence-electron chi connectivity index (χ1n) is 5.84.